The van der Waals surface area contributed by atoms with Gasteiger partial charge in [0.1, 0.15) is 18.2 Å². The van der Waals surface area contributed by atoms with Crippen LogP contribution in [0.1, 0.15) is 31.7 Å². The van der Waals surface area contributed by atoms with E-state index >= 15 is 0 Å². The van der Waals surface area contributed by atoms with Crippen molar-refractivity contribution in [3.63, 3.8) is 0 Å². The van der Waals surface area contributed by atoms with Crippen molar-refractivity contribution in [1.29, 1.82) is 0 Å². The molecule has 0 aliphatic carbocycles. The molecule has 0 unspecified atom stereocenters. The Morgan fingerprint density at radius 1 is 1.16 bits per heavy atom. The van der Waals surface area contributed by atoms with Crippen molar-refractivity contribution in [3.05, 3.63) is 66.5 Å². The van der Waals surface area contributed by atoms with Gasteiger partial charge in [0.05, 0.1) is 10.6 Å². The fraction of sp³-hybridized carbons (Fsp3) is 0.238. The molecular formula is C21H22N6O3S. The molecule has 2 N–H and O–H groups in total. The zero-order valence-corrected chi connectivity index (χ0v) is 17.7. The Kier molecular flexibility index (Phi) is 5.81. The predicted molar refractivity (Wildman–Crippen MR) is 117 cm³/mol. The number of benzene rings is 2. The van der Waals surface area contributed by atoms with E-state index in [4.69, 9.17) is 0 Å². The number of nitrogens with zero attached hydrogens (tertiary/aromatic N) is 4. The van der Waals surface area contributed by atoms with E-state index in [1.807, 2.05) is 37.3 Å². The van der Waals surface area contributed by atoms with Gasteiger partial charge in [-0.25, -0.2) is 8.42 Å². The molecule has 1 aliphatic rings. The van der Waals surface area contributed by atoms with Crippen molar-refractivity contribution in [2.45, 2.75) is 37.1 Å². The highest BCUT2D eigenvalue weighted by Gasteiger charge is 2.32. The molecule has 2 heterocycles. The number of carbonyl (C=O) groups is 1. The van der Waals surface area contributed by atoms with Crippen LogP contribution in [-0.2, 0) is 14.8 Å². The van der Waals surface area contributed by atoms with Crippen molar-refractivity contribution in [3.8, 4) is 5.69 Å². The first-order chi connectivity index (χ1) is 15.0. The second-order valence-electron chi connectivity index (χ2n) is 7.09. The third-order valence-electron chi connectivity index (χ3n) is 4.90. The number of rotatable bonds is 7. The number of aromatic nitrogens is 3. The number of sulfonamides is 1. The van der Waals surface area contributed by atoms with Gasteiger partial charge in [-0.2, -0.15) is 0 Å². The molecule has 160 valence electrons. The van der Waals surface area contributed by atoms with Gasteiger partial charge in [-0.3, -0.25) is 24.4 Å². The van der Waals surface area contributed by atoms with Gasteiger partial charge in [-0.15, -0.1) is 10.2 Å². The maximum atomic E-state index is 13.1. The van der Waals surface area contributed by atoms with E-state index in [0.29, 0.717) is 12.0 Å². The van der Waals surface area contributed by atoms with E-state index in [1.54, 1.807) is 22.8 Å². The first-order valence-corrected chi connectivity index (χ1v) is 11.4. The van der Waals surface area contributed by atoms with Crippen LogP contribution in [0, 0.1) is 0 Å². The Morgan fingerprint density at radius 3 is 2.68 bits per heavy atom. The van der Waals surface area contributed by atoms with Crippen molar-refractivity contribution >= 4 is 27.7 Å². The monoisotopic (exact) mass is 438 g/mol. The number of para-hydroxylation sites is 1. The average molecular weight is 439 g/mol. The molecule has 1 amide bonds. The maximum Gasteiger partial charge on any atom is 0.263 e. The van der Waals surface area contributed by atoms with Crippen molar-refractivity contribution < 1.29 is 13.2 Å². The third kappa shape index (κ3) is 4.33. The van der Waals surface area contributed by atoms with Gasteiger partial charge in [0, 0.05) is 5.56 Å². The second-order valence-corrected chi connectivity index (χ2v) is 8.74. The van der Waals surface area contributed by atoms with E-state index < -0.39 is 16.1 Å². The first kappa shape index (κ1) is 20.7. The summed E-state index contributed by atoms with van der Waals surface area (Å²) in [5, 5.41) is 10.7. The molecule has 31 heavy (non-hydrogen) atoms. The molecule has 9 nitrogen and oxygen atoms in total. The Balaban J connectivity index is 1.62. The van der Waals surface area contributed by atoms with Gasteiger partial charge in [-0.05, 0) is 30.7 Å². The highest BCUT2D eigenvalue weighted by molar-refractivity contribution is 7.90. The second kappa shape index (κ2) is 8.68. The molecule has 1 aromatic heterocycles. The van der Waals surface area contributed by atoms with E-state index in [-0.39, 0.29) is 22.6 Å². The van der Waals surface area contributed by atoms with Crippen LogP contribution in [0.2, 0.25) is 0 Å². The van der Waals surface area contributed by atoms with Gasteiger partial charge >= 0.3 is 0 Å². The number of amidine groups is 1. The fourth-order valence-electron chi connectivity index (χ4n) is 3.33. The Morgan fingerprint density at radius 2 is 1.90 bits per heavy atom. The Hall–Kier alpha value is -3.53. The van der Waals surface area contributed by atoms with Gasteiger partial charge in [0.2, 0.25) is 5.95 Å². The van der Waals surface area contributed by atoms with E-state index in [1.165, 1.54) is 12.4 Å². The van der Waals surface area contributed by atoms with Crippen LogP contribution in [0.5, 0.6) is 0 Å². The number of unbranched alkanes of at least 4 members (excludes halogenated alkanes) is 1. The summed E-state index contributed by atoms with van der Waals surface area (Å²) in [6, 6.07) is 15.2. The zero-order chi connectivity index (χ0) is 21.8. The van der Waals surface area contributed by atoms with E-state index in [0.717, 1.165) is 18.5 Å². The quantitative estimate of drug-likeness (QED) is 0.588. The first-order valence-electron chi connectivity index (χ1n) is 9.96. The number of hydrogen-bond acceptors (Lipinski definition) is 6. The minimum absolute atomic E-state index is 0.159. The van der Waals surface area contributed by atoms with Crippen LogP contribution in [0.15, 0.2) is 70.8 Å². The largest absolute Gasteiger partial charge is 0.292 e. The zero-order valence-electron chi connectivity index (χ0n) is 16.9. The molecule has 1 aliphatic heterocycles. The molecule has 2 aromatic carbocycles. The lowest BCUT2D eigenvalue weighted by atomic mass is 10.1. The minimum Gasteiger partial charge on any atom is -0.292 e. The summed E-state index contributed by atoms with van der Waals surface area (Å²) in [7, 11) is -3.68. The lowest BCUT2D eigenvalue weighted by molar-refractivity contribution is -0.117. The predicted octanol–water partition coefficient (Wildman–Crippen LogP) is 2.50. The fourth-order valence-corrected chi connectivity index (χ4v) is 4.57. The summed E-state index contributed by atoms with van der Waals surface area (Å²) in [5.74, 6) is 0.0661. The van der Waals surface area contributed by atoms with Crippen LogP contribution in [-0.4, -0.2) is 41.0 Å². The van der Waals surface area contributed by atoms with E-state index in [9.17, 15) is 13.2 Å². The summed E-state index contributed by atoms with van der Waals surface area (Å²) in [6.45, 7) is 2.02. The van der Waals surface area contributed by atoms with Crippen molar-refractivity contribution in [2.75, 3.05) is 5.32 Å². The summed E-state index contributed by atoms with van der Waals surface area (Å²) in [5.41, 5.74) is 1.26. The van der Waals surface area contributed by atoms with Crippen LogP contribution in [0.25, 0.3) is 5.69 Å². The number of fused-ring (bicyclic) bond motifs is 1. The smallest absolute Gasteiger partial charge is 0.263 e. The van der Waals surface area contributed by atoms with E-state index in [2.05, 4.69) is 25.2 Å². The molecular weight excluding hydrogens is 416 g/mol. The topological polar surface area (TPSA) is 118 Å². The number of aliphatic imine (C=N–C) groups is 1. The molecule has 0 radical (unpaired) electrons. The van der Waals surface area contributed by atoms with Gasteiger partial charge in [-0.1, -0.05) is 50.1 Å². The standard InChI is InChI=1S/C21H22N6O3S/c1-2-3-12-17(23-19-16-11-7-8-13-18(16)31(29,30)26-19)20(28)24-21-25-22-14-27(21)15-9-5-4-6-10-15/h4-11,13-14,17H,2-3,12H2,1H3,(H,23,26)(H,24,25,28)/t17-/m1/s1. The highest BCUT2D eigenvalue weighted by atomic mass is 32.2. The van der Waals surface area contributed by atoms with Crippen LogP contribution >= 0.6 is 0 Å². The molecule has 10 heteroatoms. The Labute approximate surface area is 180 Å². The van der Waals surface area contributed by atoms with Gasteiger partial charge in [0.25, 0.3) is 15.9 Å². The summed E-state index contributed by atoms with van der Waals surface area (Å²) >= 11 is 0. The molecule has 0 spiro atoms. The summed E-state index contributed by atoms with van der Waals surface area (Å²) in [4.78, 5) is 17.7. The number of nitrogens with one attached hydrogen (secondary N) is 2. The molecule has 0 saturated carbocycles. The number of anilines is 1. The molecule has 0 bridgehead atoms. The van der Waals surface area contributed by atoms with Crippen LogP contribution < -0.4 is 10.0 Å². The number of hydrogen-bond donors (Lipinski definition) is 2. The highest BCUT2D eigenvalue weighted by Crippen LogP contribution is 2.23. The van der Waals surface area contributed by atoms with Crippen molar-refractivity contribution in [2.24, 2.45) is 4.99 Å². The molecule has 1 atom stereocenters. The lowest BCUT2D eigenvalue weighted by Crippen LogP contribution is -2.31. The number of carbonyl (C=O) groups excluding carboxylic acids is 1. The van der Waals surface area contributed by atoms with Gasteiger partial charge in [0.15, 0.2) is 0 Å². The summed E-state index contributed by atoms with van der Waals surface area (Å²) < 4.78 is 28.9. The lowest BCUT2D eigenvalue weighted by Gasteiger charge is -2.14. The molecule has 4 rings (SSSR count). The number of amides is 1. The van der Waals surface area contributed by atoms with Crippen LogP contribution in [0.3, 0.4) is 0 Å². The summed E-state index contributed by atoms with van der Waals surface area (Å²) in [6.07, 6.45) is 3.61. The maximum absolute atomic E-state index is 13.1. The molecule has 3 aromatic rings. The van der Waals surface area contributed by atoms with Gasteiger partial charge < -0.3 is 0 Å². The minimum atomic E-state index is -3.68. The van der Waals surface area contributed by atoms with Crippen molar-refractivity contribution in [1.82, 2.24) is 19.5 Å². The third-order valence-corrected chi connectivity index (χ3v) is 6.30. The SMILES string of the molecule is CCCC[C@@H](N=C1NS(=O)(=O)c2ccccc21)C(=O)Nc1nncn1-c1ccccc1. The Bertz CT molecular complexity index is 1220. The molecule has 0 saturated heterocycles. The van der Waals surface area contributed by atoms with Crippen LogP contribution in [0.4, 0.5) is 5.95 Å². The molecule has 0 fully saturated rings. The normalized spacial score (nSPS) is 16.5. The average Bonchev–Trinajstić information content (AvgIpc) is 3.34.